The lowest BCUT2D eigenvalue weighted by atomic mass is 10.0. The molecule has 1 rings (SSSR count). The maximum absolute atomic E-state index is 11.8. The first-order valence-corrected chi connectivity index (χ1v) is 7.30. The van der Waals surface area contributed by atoms with E-state index in [9.17, 15) is 9.59 Å². The molecule has 1 aromatic carbocycles. The van der Waals surface area contributed by atoms with E-state index < -0.39 is 5.97 Å². The van der Waals surface area contributed by atoms with Gasteiger partial charge in [0.15, 0.2) is 0 Å². The maximum atomic E-state index is 11.8. The molecule has 0 fully saturated rings. The molecule has 114 valence electrons. The lowest BCUT2D eigenvalue weighted by Gasteiger charge is -2.11. The zero-order valence-electron chi connectivity index (χ0n) is 12.3. The molecule has 0 atom stereocenters. The van der Waals surface area contributed by atoms with Crippen LogP contribution in [0.2, 0.25) is 0 Å². The third-order valence-corrected chi connectivity index (χ3v) is 3.23. The van der Waals surface area contributed by atoms with Crippen LogP contribution in [-0.2, 0) is 25.5 Å². The van der Waals surface area contributed by atoms with Crippen LogP contribution >= 0.6 is 12.6 Å². The van der Waals surface area contributed by atoms with Gasteiger partial charge in [0.2, 0.25) is 0 Å². The fourth-order valence-corrected chi connectivity index (χ4v) is 2.02. The summed E-state index contributed by atoms with van der Waals surface area (Å²) in [6, 6.07) is 9.57. The Morgan fingerprint density at radius 1 is 1.05 bits per heavy atom. The molecule has 0 unspecified atom stereocenters. The molecule has 21 heavy (non-hydrogen) atoms. The van der Waals surface area contributed by atoms with E-state index in [2.05, 4.69) is 12.6 Å². The van der Waals surface area contributed by atoms with Crippen molar-refractivity contribution in [1.29, 1.82) is 0 Å². The van der Waals surface area contributed by atoms with Crippen LogP contribution in [0.4, 0.5) is 0 Å². The van der Waals surface area contributed by atoms with E-state index in [0.717, 1.165) is 5.56 Å². The Hall–Kier alpha value is -1.75. The van der Waals surface area contributed by atoms with Gasteiger partial charge in [0, 0.05) is 0 Å². The first-order chi connectivity index (χ1) is 10.1. The summed E-state index contributed by atoms with van der Waals surface area (Å²) in [5, 5.41) is 0. The number of thiol groups is 1. The number of hydrogen-bond acceptors (Lipinski definition) is 5. The summed E-state index contributed by atoms with van der Waals surface area (Å²) >= 11 is 4.22. The van der Waals surface area contributed by atoms with Crippen LogP contribution in [-0.4, -0.2) is 25.2 Å². The van der Waals surface area contributed by atoms with Crippen LogP contribution in [0.15, 0.2) is 40.8 Å². The summed E-state index contributed by atoms with van der Waals surface area (Å²) in [4.78, 5) is 23.7. The second kappa shape index (κ2) is 9.23. The minimum Gasteiger partial charge on any atom is -0.466 e. The van der Waals surface area contributed by atoms with Gasteiger partial charge >= 0.3 is 11.9 Å². The van der Waals surface area contributed by atoms with Crippen LogP contribution in [0.5, 0.6) is 0 Å². The second-order valence-electron chi connectivity index (χ2n) is 4.32. The highest BCUT2D eigenvalue weighted by molar-refractivity contribution is 7.85. The molecule has 0 N–H and O–H groups in total. The van der Waals surface area contributed by atoms with Crippen molar-refractivity contribution >= 4 is 24.6 Å². The number of hydrogen-bond donors (Lipinski definition) is 1. The third kappa shape index (κ3) is 6.04. The highest BCUT2D eigenvalue weighted by Crippen LogP contribution is 2.20. The smallest absolute Gasteiger partial charge is 0.344 e. The van der Waals surface area contributed by atoms with E-state index in [1.165, 1.54) is 0 Å². The first kappa shape index (κ1) is 17.3. The number of ether oxygens (including phenoxy) is 2. The molecule has 0 amide bonds. The van der Waals surface area contributed by atoms with Gasteiger partial charge in [0.1, 0.15) is 0 Å². The summed E-state index contributed by atoms with van der Waals surface area (Å²) in [5.74, 6) is -0.893. The van der Waals surface area contributed by atoms with Gasteiger partial charge in [0.25, 0.3) is 0 Å². The molecule has 0 bridgehead atoms. The minimum atomic E-state index is -0.518. The molecule has 0 aliphatic heterocycles. The van der Waals surface area contributed by atoms with Crippen LogP contribution in [0.1, 0.15) is 25.8 Å². The Morgan fingerprint density at radius 3 is 2.24 bits per heavy atom. The Balaban J connectivity index is 2.96. The van der Waals surface area contributed by atoms with Crippen molar-refractivity contribution in [3.05, 3.63) is 46.4 Å². The molecule has 1 aromatic rings. The van der Waals surface area contributed by atoms with Crippen LogP contribution < -0.4 is 0 Å². The van der Waals surface area contributed by atoms with Gasteiger partial charge in [-0.15, -0.1) is 12.6 Å². The Labute approximate surface area is 130 Å². The van der Waals surface area contributed by atoms with Gasteiger partial charge in [-0.1, -0.05) is 30.3 Å². The summed E-state index contributed by atoms with van der Waals surface area (Å²) < 4.78 is 9.88. The highest BCUT2D eigenvalue weighted by atomic mass is 32.1. The highest BCUT2D eigenvalue weighted by Gasteiger charge is 2.17. The number of benzene rings is 1. The summed E-state index contributed by atoms with van der Waals surface area (Å²) in [6.07, 6.45) is 0.484. The van der Waals surface area contributed by atoms with Crippen molar-refractivity contribution in [2.24, 2.45) is 0 Å². The molecule has 0 heterocycles. The molecule has 4 nitrogen and oxygen atoms in total. The largest absolute Gasteiger partial charge is 0.466 e. The predicted molar refractivity (Wildman–Crippen MR) is 84.0 cm³/mol. The van der Waals surface area contributed by atoms with Crippen molar-refractivity contribution in [3.63, 3.8) is 0 Å². The quantitative estimate of drug-likeness (QED) is 0.478. The molecule has 0 aliphatic carbocycles. The first-order valence-electron chi connectivity index (χ1n) is 6.86. The zero-order chi connectivity index (χ0) is 15.7. The lowest BCUT2D eigenvalue weighted by Crippen LogP contribution is -2.12. The van der Waals surface area contributed by atoms with Gasteiger partial charge < -0.3 is 9.47 Å². The zero-order valence-corrected chi connectivity index (χ0v) is 13.2. The fourth-order valence-electron chi connectivity index (χ4n) is 1.80. The number of esters is 2. The van der Waals surface area contributed by atoms with Crippen molar-refractivity contribution in [2.45, 2.75) is 26.7 Å². The molecule has 0 spiro atoms. The second-order valence-corrected chi connectivity index (χ2v) is 4.76. The molecule has 5 heteroatoms. The van der Waals surface area contributed by atoms with Gasteiger partial charge in [-0.3, -0.25) is 4.79 Å². The van der Waals surface area contributed by atoms with Gasteiger partial charge in [-0.2, -0.15) is 0 Å². The average molecular weight is 308 g/mol. The van der Waals surface area contributed by atoms with E-state index in [4.69, 9.17) is 9.47 Å². The van der Waals surface area contributed by atoms with Gasteiger partial charge in [0.05, 0.1) is 24.5 Å². The predicted octanol–water partition coefficient (Wildman–Crippen LogP) is 2.93. The summed E-state index contributed by atoms with van der Waals surface area (Å²) in [7, 11) is 0. The molecular weight excluding hydrogens is 288 g/mol. The summed E-state index contributed by atoms with van der Waals surface area (Å²) in [6.45, 7) is 4.03. The fraction of sp³-hybridized carbons (Fsp3) is 0.375. The molecule has 0 saturated carbocycles. The Bertz CT molecular complexity index is 508. The van der Waals surface area contributed by atoms with E-state index >= 15 is 0 Å². The molecule has 0 saturated heterocycles. The normalized spacial score (nSPS) is 11.6. The van der Waals surface area contributed by atoms with Crippen molar-refractivity contribution in [1.82, 2.24) is 0 Å². The number of carbonyl (C=O) groups excluding carboxylic acids is 2. The molecular formula is C16H20O4S. The maximum Gasteiger partial charge on any atom is 0.344 e. The van der Waals surface area contributed by atoms with E-state index in [1.807, 2.05) is 30.3 Å². The minimum absolute atomic E-state index is 0.0282. The topological polar surface area (TPSA) is 52.6 Å². The third-order valence-electron chi connectivity index (χ3n) is 2.73. The van der Waals surface area contributed by atoms with Crippen LogP contribution in [0.3, 0.4) is 0 Å². The van der Waals surface area contributed by atoms with Crippen molar-refractivity contribution in [2.75, 3.05) is 13.2 Å². The summed E-state index contributed by atoms with van der Waals surface area (Å²) in [5.41, 5.74) is 1.59. The number of rotatable bonds is 7. The molecule has 0 aliphatic rings. The number of carbonyl (C=O) groups is 2. The van der Waals surface area contributed by atoms with Gasteiger partial charge in [-0.25, -0.2) is 4.79 Å². The van der Waals surface area contributed by atoms with E-state index in [0.29, 0.717) is 18.6 Å². The lowest BCUT2D eigenvalue weighted by molar-refractivity contribution is -0.142. The van der Waals surface area contributed by atoms with Crippen LogP contribution in [0.25, 0.3) is 0 Å². The monoisotopic (exact) mass is 308 g/mol. The molecule has 0 radical (unpaired) electrons. The standard InChI is InChI=1S/C16H20O4S/c1-3-19-14(17)11-13(15(21)16(18)20-4-2)10-12-8-6-5-7-9-12/h5-9,21H,3-4,10-11H2,1-2H3. The Morgan fingerprint density at radius 2 is 1.67 bits per heavy atom. The SMILES string of the molecule is CCOC(=O)CC(Cc1ccccc1)=C(S)C(=O)OCC. The van der Waals surface area contributed by atoms with Crippen LogP contribution in [0, 0.1) is 0 Å². The van der Waals surface area contributed by atoms with Gasteiger partial charge in [-0.05, 0) is 31.4 Å². The Kier molecular flexibility index (Phi) is 7.61. The van der Waals surface area contributed by atoms with Crippen molar-refractivity contribution < 1.29 is 19.1 Å². The van der Waals surface area contributed by atoms with E-state index in [1.54, 1.807) is 13.8 Å². The van der Waals surface area contributed by atoms with Crippen molar-refractivity contribution in [3.8, 4) is 0 Å². The molecule has 0 aromatic heterocycles. The van der Waals surface area contributed by atoms with E-state index in [-0.39, 0.29) is 23.9 Å². The average Bonchev–Trinajstić information content (AvgIpc) is 2.47.